The molecule has 0 unspecified atom stereocenters. The average molecular weight is 457 g/mol. The van der Waals surface area contributed by atoms with Crippen molar-refractivity contribution in [2.24, 2.45) is 0 Å². The van der Waals surface area contributed by atoms with Gasteiger partial charge in [-0.3, -0.25) is 9.48 Å². The number of nitrogens with zero attached hydrogens (tertiary/aromatic N) is 4. The van der Waals surface area contributed by atoms with Gasteiger partial charge in [-0.15, -0.1) is 0 Å². The minimum Gasteiger partial charge on any atom is -0.468 e. The van der Waals surface area contributed by atoms with Crippen LogP contribution in [-0.2, 0) is 27.8 Å². The molecule has 3 aromatic rings. The molecule has 1 aromatic carbocycles. The van der Waals surface area contributed by atoms with Crippen LogP contribution in [0, 0.1) is 13.8 Å². The Kier molecular flexibility index (Phi) is 5.72. The Bertz CT molecular complexity index is 1250. The largest absolute Gasteiger partial charge is 0.468 e. The number of hydrogen-bond acceptors (Lipinski definition) is 5. The molecule has 1 amide bonds. The van der Waals surface area contributed by atoms with Gasteiger partial charge in [0.2, 0.25) is 10.0 Å². The maximum Gasteiger partial charge on any atom is 0.251 e. The fourth-order valence-electron chi connectivity index (χ4n) is 4.47. The summed E-state index contributed by atoms with van der Waals surface area (Å²) in [6.07, 6.45) is 2.30. The van der Waals surface area contributed by atoms with E-state index in [1.807, 2.05) is 31.2 Å². The van der Waals surface area contributed by atoms with Gasteiger partial charge in [-0.05, 0) is 57.9 Å². The molecule has 32 heavy (non-hydrogen) atoms. The van der Waals surface area contributed by atoms with Crippen LogP contribution >= 0.6 is 0 Å². The van der Waals surface area contributed by atoms with Crippen molar-refractivity contribution < 1.29 is 17.6 Å². The number of fused-ring (bicyclic) bond motifs is 1. The Balaban J connectivity index is 1.65. The summed E-state index contributed by atoms with van der Waals surface area (Å²) in [4.78, 5) is 15.4. The van der Waals surface area contributed by atoms with Crippen LogP contribution < -0.4 is 4.90 Å². The molecular formula is C23H28N4O4S. The molecule has 0 saturated heterocycles. The average Bonchev–Trinajstić information content (AvgIpc) is 3.44. The zero-order chi connectivity index (χ0) is 23.2. The maximum absolute atomic E-state index is 13.5. The number of hydrogen-bond donors (Lipinski definition) is 0. The van der Waals surface area contributed by atoms with Gasteiger partial charge in [0.15, 0.2) is 0 Å². The number of rotatable bonds is 6. The number of amides is 1. The van der Waals surface area contributed by atoms with Gasteiger partial charge in [-0.25, -0.2) is 8.42 Å². The van der Waals surface area contributed by atoms with E-state index in [1.165, 1.54) is 22.3 Å². The van der Waals surface area contributed by atoms with Crippen molar-refractivity contribution in [2.75, 3.05) is 11.9 Å². The van der Waals surface area contributed by atoms with Crippen LogP contribution in [0.25, 0.3) is 0 Å². The van der Waals surface area contributed by atoms with E-state index in [4.69, 9.17) is 4.42 Å². The van der Waals surface area contributed by atoms with Crippen molar-refractivity contribution in [3.63, 3.8) is 0 Å². The lowest BCUT2D eigenvalue weighted by atomic mass is 10.1. The van der Waals surface area contributed by atoms with E-state index >= 15 is 0 Å². The van der Waals surface area contributed by atoms with E-state index in [1.54, 1.807) is 37.8 Å². The summed E-state index contributed by atoms with van der Waals surface area (Å²) in [7, 11) is -2.32. The van der Waals surface area contributed by atoms with Gasteiger partial charge in [0.05, 0.1) is 24.2 Å². The highest BCUT2D eigenvalue weighted by molar-refractivity contribution is 7.89. The summed E-state index contributed by atoms with van der Waals surface area (Å²) in [5, 5.41) is 4.47. The van der Waals surface area contributed by atoms with E-state index in [9.17, 15) is 13.2 Å². The molecule has 1 aliphatic rings. The van der Waals surface area contributed by atoms with E-state index in [0.717, 1.165) is 17.7 Å². The van der Waals surface area contributed by atoms with Gasteiger partial charge in [0.1, 0.15) is 16.7 Å². The standard InChI is InChI=1S/C23H28N4O4S/c1-15-13-19-9-6-7-11-21(19)26(15)23(28)18(4)27-17(3)22(16(2)24-27)32(29,30)25(5)14-20-10-8-12-31-20/h6-12,15,18H,13-14H2,1-5H3/t15-,18+/m0/s1. The van der Waals surface area contributed by atoms with Crippen molar-refractivity contribution in [3.8, 4) is 0 Å². The topological polar surface area (TPSA) is 88.7 Å². The van der Waals surface area contributed by atoms with E-state index in [0.29, 0.717) is 17.1 Å². The quantitative estimate of drug-likeness (QED) is 0.567. The van der Waals surface area contributed by atoms with Crippen LogP contribution in [0.1, 0.15) is 42.6 Å². The fraction of sp³-hybridized carbons (Fsp3) is 0.391. The zero-order valence-electron chi connectivity index (χ0n) is 18.9. The molecular weight excluding hydrogens is 428 g/mol. The van der Waals surface area contributed by atoms with Crippen molar-refractivity contribution in [2.45, 2.75) is 57.6 Å². The predicted octanol–water partition coefficient (Wildman–Crippen LogP) is 3.45. The molecule has 3 heterocycles. The Morgan fingerprint density at radius 2 is 1.97 bits per heavy atom. The number of benzene rings is 1. The monoisotopic (exact) mass is 456 g/mol. The molecule has 4 rings (SSSR count). The molecule has 8 nitrogen and oxygen atoms in total. The summed E-state index contributed by atoms with van der Waals surface area (Å²) in [5.41, 5.74) is 2.85. The predicted molar refractivity (Wildman–Crippen MR) is 121 cm³/mol. The molecule has 2 atom stereocenters. The number of carbonyl (C=O) groups excluding carboxylic acids is 1. The van der Waals surface area contributed by atoms with Crippen LogP contribution in [0.15, 0.2) is 52.0 Å². The lowest BCUT2D eigenvalue weighted by Gasteiger charge is -2.26. The van der Waals surface area contributed by atoms with Crippen LogP contribution in [0.2, 0.25) is 0 Å². The van der Waals surface area contributed by atoms with E-state index < -0.39 is 16.1 Å². The summed E-state index contributed by atoms with van der Waals surface area (Å²) in [6, 6.07) is 10.7. The van der Waals surface area contributed by atoms with E-state index in [2.05, 4.69) is 5.10 Å². The maximum atomic E-state index is 13.5. The second kappa shape index (κ2) is 8.22. The lowest BCUT2D eigenvalue weighted by Crippen LogP contribution is -2.40. The van der Waals surface area contributed by atoms with Gasteiger partial charge < -0.3 is 9.32 Å². The van der Waals surface area contributed by atoms with E-state index in [-0.39, 0.29) is 23.4 Å². The third-order valence-corrected chi connectivity index (χ3v) is 8.11. The summed E-state index contributed by atoms with van der Waals surface area (Å²) in [6.45, 7) is 7.24. The van der Waals surface area contributed by atoms with Crippen molar-refractivity contribution in [1.29, 1.82) is 0 Å². The normalized spacial score (nSPS) is 17.1. The molecule has 9 heteroatoms. The third-order valence-electron chi connectivity index (χ3n) is 6.05. The number of sulfonamides is 1. The number of aryl methyl sites for hydroxylation is 1. The second-order valence-electron chi connectivity index (χ2n) is 8.35. The highest BCUT2D eigenvalue weighted by atomic mass is 32.2. The van der Waals surface area contributed by atoms with Crippen LogP contribution in [0.4, 0.5) is 5.69 Å². The van der Waals surface area contributed by atoms with Gasteiger partial charge in [0.25, 0.3) is 5.91 Å². The molecule has 2 aromatic heterocycles. The Morgan fingerprint density at radius 3 is 2.66 bits per heavy atom. The Morgan fingerprint density at radius 1 is 1.25 bits per heavy atom. The number of furan rings is 1. The van der Waals surface area contributed by atoms with Crippen molar-refractivity contribution in [1.82, 2.24) is 14.1 Å². The first-order chi connectivity index (χ1) is 15.1. The molecule has 0 aliphatic carbocycles. The number of para-hydroxylation sites is 1. The number of aromatic nitrogens is 2. The van der Waals surface area contributed by atoms with Crippen molar-refractivity contribution >= 4 is 21.6 Å². The fourth-order valence-corrected chi connectivity index (χ4v) is 5.96. The first-order valence-corrected chi connectivity index (χ1v) is 12.0. The first kappa shape index (κ1) is 22.3. The number of anilines is 1. The molecule has 0 bridgehead atoms. The Hall–Kier alpha value is -2.91. The molecule has 0 fully saturated rings. The molecule has 170 valence electrons. The molecule has 0 spiro atoms. The number of carbonyl (C=O) groups is 1. The zero-order valence-corrected chi connectivity index (χ0v) is 19.8. The van der Waals surface area contributed by atoms with Gasteiger partial charge in [-0.2, -0.15) is 9.40 Å². The third kappa shape index (κ3) is 3.65. The smallest absolute Gasteiger partial charge is 0.251 e. The lowest BCUT2D eigenvalue weighted by molar-refractivity contribution is -0.121. The summed E-state index contributed by atoms with van der Waals surface area (Å²) < 4.78 is 34.7. The minimum absolute atomic E-state index is 0.0296. The highest BCUT2D eigenvalue weighted by Crippen LogP contribution is 2.34. The van der Waals surface area contributed by atoms with Crippen molar-refractivity contribution in [3.05, 3.63) is 65.4 Å². The van der Waals surface area contributed by atoms with Crippen LogP contribution in [0.5, 0.6) is 0 Å². The van der Waals surface area contributed by atoms with Gasteiger partial charge in [-0.1, -0.05) is 18.2 Å². The minimum atomic E-state index is -3.83. The molecule has 0 N–H and O–H groups in total. The molecule has 1 aliphatic heterocycles. The summed E-state index contributed by atoms with van der Waals surface area (Å²) >= 11 is 0. The molecule has 0 saturated carbocycles. The molecule has 0 radical (unpaired) electrons. The SMILES string of the molecule is Cc1nn([C@H](C)C(=O)N2c3ccccc3C[C@@H]2C)c(C)c1S(=O)(=O)N(C)Cc1ccco1. The first-order valence-electron chi connectivity index (χ1n) is 10.6. The van der Waals surface area contributed by atoms with Gasteiger partial charge in [0, 0.05) is 18.8 Å². The van der Waals surface area contributed by atoms with Crippen LogP contribution in [-0.4, -0.2) is 41.5 Å². The van der Waals surface area contributed by atoms with Crippen LogP contribution in [0.3, 0.4) is 0 Å². The second-order valence-corrected chi connectivity index (χ2v) is 10.3. The highest BCUT2D eigenvalue weighted by Gasteiger charge is 2.36. The summed E-state index contributed by atoms with van der Waals surface area (Å²) in [5.74, 6) is 0.435. The Labute approximate surface area is 188 Å². The van der Waals surface area contributed by atoms with Gasteiger partial charge >= 0.3 is 0 Å².